The lowest BCUT2D eigenvalue weighted by Gasteiger charge is -2.32. The van der Waals surface area contributed by atoms with Gasteiger partial charge in [0.15, 0.2) is 0 Å². The molecule has 9 heteroatoms. The van der Waals surface area contributed by atoms with Crippen LogP contribution in [0.3, 0.4) is 0 Å². The average molecular weight is 423 g/mol. The Balaban J connectivity index is 1.54. The van der Waals surface area contributed by atoms with E-state index in [-0.39, 0.29) is 12.6 Å². The third kappa shape index (κ3) is 5.36. The van der Waals surface area contributed by atoms with Crippen molar-refractivity contribution in [1.29, 1.82) is 0 Å². The Hall–Kier alpha value is -1.94. The van der Waals surface area contributed by atoms with Crippen molar-refractivity contribution in [3.8, 4) is 5.75 Å². The summed E-state index contributed by atoms with van der Waals surface area (Å²) in [5.41, 5.74) is 2.92. The molecule has 0 saturated carbocycles. The summed E-state index contributed by atoms with van der Waals surface area (Å²) < 4.78 is 38.9. The lowest BCUT2D eigenvalue weighted by molar-refractivity contribution is -0.00625. The van der Waals surface area contributed by atoms with Gasteiger partial charge in [0.25, 0.3) is 10.2 Å². The predicted molar refractivity (Wildman–Crippen MR) is 111 cm³/mol. The summed E-state index contributed by atoms with van der Waals surface area (Å²) >= 11 is 0. The SMILES string of the molecule is CC(C)c1ccc(OCCc2cc([C@H]3CN(S(=O)(=O)N(C)C)CCO3)n[nH]2)cc1. The molecule has 1 fully saturated rings. The van der Waals surface area contributed by atoms with E-state index >= 15 is 0 Å². The molecule has 0 amide bonds. The van der Waals surface area contributed by atoms with Crippen LogP contribution in [0.2, 0.25) is 0 Å². The smallest absolute Gasteiger partial charge is 0.281 e. The molecule has 0 radical (unpaired) electrons. The third-order valence-corrected chi connectivity index (χ3v) is 6.89. The van der Waals surface area contributed by atoms with E-state index in [1.807, 2.05) is 18.2 Å². The van der Waals surface area contributed by atoms with Crippen LogP contribution in [0, 0.1) is 0 Å². The molecule has 1 saturated heterocycles. The van der Waals surface area contributed by atoms with Gasteiger partial charge in [0, 0.05) is 39.3 Å². The first-order valence-corrected chi connectivity index (χ1v) is 11.2. The Labute approximate surface area is 173 Å². The Morgan fingerprint density at radius 1 is 1.31 bits per heavy atom. The fourth-order valence-electron chi connectivity index (χ4n) is 3.15. The van der Waals surface area contributed by atoms with Crippen LogP contribution in [-0.4, -0.2) is 67.6 Å². The summed E-state index contributed by atoms with van der Waals surface area (Å²) in [4.78, 5) is 0. The first-order chi connectivity index (χ1) is 13.8. The molecule has 1 aliphatic rings. The normalized spacial score (nSPS) is 18.5. The molecule has 1 N–H and O–H groups in total. The molecule has 2 heterocycles. The fraction of sp³-hybridized carbons (Fsp3) is 0.550. The van der Waals surface area contributed by atoms with Crippen LogP contribution in [0.15, 0.2) is 30.3 Å². The molecule has 1 aromatic carbocycles. The van der Waals surface area contributed by atoms with Gasteiger partial charge >= 0.3 is 0 Å². The number of ether oxygens (including phenoxy) is 2. The number of nitrogens with one attached hydrogen (secondary N) is 1. The van der Waals surface area contributed by atoms with Gasteiger partial charge in [-0.3, -0.25) is 5.10 Å². The van der Waals surface area contributed by atoms with Gasteiger partial charge in [0.2, 0.25) is 0 Å². The highest BCUT2D eigenvalue weighted by Gasteiger charge is 2.32. The number of nitrogens with zero attached hydrogens (tertiary/aromatic N) is 3. The average Bonchev–Trinajstić information content (AvgIpc) is 3.17. The number of aromatic amines is 1. The van der Waals surface area contributed by atoms with E-state index in [0.29, 0.717) is 37.8 Å². The number of benzene rings is 1. The van der Waals surface area contributed by atoms with Crippen molar-refractivity contribution in [1.82, 2.24) is 18.8 Å². The van der Waals surface area contributed by atoms with Crippen LogP contribution in [0.4, 0.5) is 0 Å². The predicted octanol–water partition coefficient (Wildman–Crippen LogP) is 2.33. The van der Waals surface area contributed by atoms with Gasteiger partial charge in [-0.05, 0) is 29.7 Å². The molecular formula is C20H30N4O4S. The highest BCUT2D eigenvalue weighted by Crippen LogP contribution is 2.24. The minimum Gasteiger partial charge on any atom is -0.493 e. The maximum atomic E-state index is 12.4. The summed E-state index contributed by atoms with van der Waals surface area (Å²) in [6, 6.07) is 10.1. The van der Waals surface area contributed by atoms with Gasteiger partial charge in [0.05, 0.1) is 18.9 Å². The van der Waals surface area contributed by atoms with Crippen LogP contribution >= 0.6 is 0 Å². The van der Waals surface area contributed by atoms with Gasteiger partial charge < -0.3 is 9.47 Å². The Kier molecular flexibility index (Phi) is 6.94. The number of aromatic nitrogens is 2. The molecule has 8 nitrogen and oxygen atoms in total. The van der Waals surface area contributed by atoms with Crippen LogP contribution < -0.4 is 4.74 Å². The molecular weight excluding hydrogens is 392 g/mol. The van der Waals surface area contributed by atoms with Gasteiger partial charge in [-0.1, -0.05) is 26.0 Å². The summed E-state index contributed by atoms with van der Waals surface area (Å²) in [6.07, 6.45) is 0.290. The second kappa shape index (κ2) is 9.25. The second-order valence-corrected chi connectivity index (χ2v) is 9.79. The van der Waals surface area contributed by atoms with Crippen molar-refractivity contribution in [2.75, 3.05) is 40.4 Å². The second-order valence-electron chi connectivity index (χ2n) is 7.65. The highest BCUT2D eigenvalue weighted by molar-refractivity contribution is 7.86. The van der Waals surface area contributed by atoms with E-state index < -0.39 is 10.2 Å². The molecule has 0 bridgehead atoms. The van der Waals surface area contributed by atoms with Crippen LogP contribution in [0.25, 0.3) is 0 Å². The molecule has 0 spiro atoms. The third-order valence-electron chi connectivity index (χ3n) is 4.98. The maximum absolute atomic E-state index is 12.4. The Morgan fingerprint density at radius 2 is 2.03 bits per heavy atom. The molecule has 3 rings (SSSR count). The van der Waals surface area contributed by atoms with E-state index in [1.165, 1.54) is 28.3 Å². The van der Waals surface area contributed by atoms with Gasteiger partial charge in [-0.25, -0.2) is 0 Å². The molecule has 2 aromatic rings. The van der Waals surface area contributed by atoms with Crippen LogP contribution in [-0.2, 0) is 21.4 Å². The highest BCUT2D eigenvalue weighted by atomic mass is 32.2. The number of H-pyrrole nitrogens is 1. The molecule has 1 atom stereocenters. The number of hydrogen-bond acceptors (Lipinski definition) is 5. The van der Waals surface area contributed by atoms with Crippen molar-refractivity contribution in [3.05, 3.63) is 47.3 Å². The van der Waals surface area contributed by atoms with Crippen molar-refractivity contribution < 1.29 is 17.9 Å². The minimum atomic E-state index is -3.46. The minimum absolute atomic E-state index is 0.253. The van der Waals surface area contributed by atoms with E-state index in [0.717, 1.165) is 11.4 Å². The quantitative estimate of drug-likeness (QED) is 0.705. The summed E-state index contributed by atoms with van der Waals surface area (Å²) in [7, 11) is -0.398. The number of rotatable bonds is 8. The van der Waals surface area contributed by atoms with E-state index in [1.54, 1.807) is 0 Å². The van der Waals surface area contributed by atoms with Gasteiger partial charge in [-0.2, -0.15) is 22.1 Å². The molecule has 1 aliphatic heterocycles. The van der Waals surface area contributed by atoms with Crippen LogP contribution in [0.1, 0.15) is 42.8 Å². The monoisotopic (exact) mass is 422 g/mol. The van der Waals surface area contributed by atoms with Crippen LogP contribution in [0.5, 0.6) is 5.75 Å². The number of hydrogen-bond donors (Lipinski definition) is 1. The van der Waals surface area contributed by atoms with E-state index in [4.69, 9.17) is 9.47 Å². The van der Waals surface area contributed by atoms with Crippen molar-refractivity contribution in [3.63, 3.8) is 0 Å². The lowest BCUT2D eigenvalue weighted by Crippen LogP contribution is -2.47. The first kappa shape index (κ1) is 21.8. The standard InChI is InChI=1S/C20H30N4O4S/c1-15(2)16-5-7-18(8-6-16)27-11-9-17-13-19(22-21-17)20-14-24(10-12-28-20)29(25,26)23(3)4/h5-8,13,15,20H,9-12,14H2,1-4H3,(H,21,22)/t20-/m1/s1. The zero-order valence-corrected chi connectivity index (χ0v) is 18.3. The van der Waals surface area contributed by atoms with Gasteiger partial charge in [0.1, 0.15) is 11.9 Å². The van der Waals surface area contributed by atoms with E-state index in [9.17, 15) is 8.42 Å². The Bertz CT molecular complexity index is 893. The summed E-state index contributed by atoms with van der Waals surface area (Å²) in [6.45, 7) is 5.79. The van der Waals surface area contributed by atoms with Gasteiger partial charge in [-0.15, -0.1) is 0 Å². The molecule has 0 unspecified atom stereocenters. The summed E-state index contributed by atoms with van der Waals surface area (Å²) in [5.74, 6) is 1.34. The largest absolute Gasteiger partial charge is 0.493 e. The molecule has 29 heavy (non-hydrogen) atoms. The summed E-state index contributed by atoms with van der Waals surface area (Å²) in [5, 5.41) is 7.32. The maximum Gasteiger partial charge on any atom is 0.281 e. The lowest BCUT2D eigenvalue weighted by atomic mass is 10.0. The topological polar surface area (TPSA) is 87.8 Å². The fourth-order valence-corrected chi connectivity index (χ4v) is 4.24. The molecule has 0 aliphatic carbocycles. The van der Waals surface area contributed by atoms with Crippen molar-refractivity contribution >= 4 is 10.2 Å². The zero-order valence-electron chi connectivity index (χ0n) is 17.5. The Morgan fingerprint density at radius 3 is 2.69 bits per heavy atom. The molecule has 160 valence electrons. The molecule has 1 aromatic heterocycles. The first-order valence-electron chi connectivity index (χ1n) is 9.83. The van der Waals surface area contributed by atoms with Crippen molar-refractivity contribution in [2.45, 2.75) is 32.3 Å². The van der Waals surface area contributed by atoms with E-state index in [2.05, 4.69) is 36.2 Å². The number of morpholine rings is 1. The van der Waals surface area contributed by atoms with Crippen molar-refractivity contribution in [2.24, 2.45) is 0 Å². The zero-order chi connectivity index (χ0) is 21.0.